The summed E-state index contributed by atoms with van der Waals surface area (Å²) in [6.45, 7) is 4.15. The molecule has 6 heteroatoms. The minimum atomic E-state index is 0.0588. The molecule has 1 saturated heterocycles. The summed E-state index contributed by atoms with van der Waals surface area (Å²) < 4.78 is 0. The highest BCUT2D eigenvalue weighted by Gasteiger charge is 2.22. The number of pyridine rings is 1. The molecule has 1 aromatic carbocycles. The highest BCUT2D eigenvalue weighted by atomic mass is 35.5. The first-order chi connectivity index (χ1) is 11.6. The molecule has 0 atom stereocenters. The van der Waals surface area contributed by atoms with Gasteiger partial charge in [-0.3, -0.25) is 14.7 Å². The second kappa shape index (κ2) is 7.97. The predicted molar refractivity (Wildman–Crippen MR) is 96.7 cm³/mol. The van der Waals surface area contributed by atoms with Crippen LogP contribution in [0.1, 0.15) is 15.9 Å². The standard InChI is InChI=1S/C18H19Cl2N3O/c19-16-4-3-14(17(20)12-16)5-7-22-8-10-23(11-9-22)18(24)15-2-1-6-21-13-15/h1-4,6,12-13H,5,7-11H2. The Labute approximate surface area is 152 Å². The Morgan fingerprint density at radius 1 is 1.12 bits per heavy atom. The number of carbonyl (C=O) groups is 1. The Hall–Kier alpha value is -1.62. The van der Waals surface area contributed by atoms with Gasteiger partial charge in [-0.25, -0.2) is 0 Å². The van der Waals surface area contributed by atoms with Crippen molar-refractivity contribution in [1.82, 2.24) is 14.8 Å². The normalized spacial score (nSPS) is 15.5. The molecule has 24 heavy (non-hydrogen) atoms. The minimum Gasteiger partial charge on any atom is -0.336 e. The van der Waals surface area contributed by atoms with Gasteiger partial charge in [0.15, 0.2) is 0 Å². The van der Waals surface area contributed by atoms with Gasteiger partial charge in [-0.05, 0) is 36.2 Å². The largest absolute Gasteiger partial charge is 0.336 e. The smallest absolute Gasteiger partial charge is 0.255 e. The molecular formula is C18H19Cl2N3O. The van der Waals surface area contributed by atoms with E-state index in [2.05, 4.69) is 9.88 Å². The van der Waals surface area contributed by atoms with Gasteiger partial charge >= 0.3 is 0 Å². The first-order valence-corrected chi connectivity index (χ1v) is 8.74. The van der Waals surface area contributed by atoms with Crippen LogP contribution in [0.15, 0.2) is 42.7 Å². The van der Waals surface area contributed by atoms with E-state index in [9.17, 15) is 4.79 Å². The summed E-state index contributed by atoms with van der Waals surface area (Å²) in [5.74, 6) is 0.0588. The number of rotatable bonds is 4. The van der Waals surface area contributed by atoms with E-state index >= 15 is 0 Å². The number of halogens is 2. The van der Waals surface area contributed by atoms with Crippen molar-refractivity contribution < 1.29 is 4.79 Å². The SMILES string of the molecule is O=C(c1cccnc1)N1CCN(CCc2ccc(Cl)cc2Cl)CC1. The van der Waals surface area contributed by atoms with Crippen molar-refractivity contribution in [2.75, 3.05) is 32.7 Å². The van der Waals surface area contributed by atoms with E-state index in [4.69, 9.17) is 23.2 Å². The Morgan fingerprint density at radius 2 is 1.92 bits per heavy atom. The molecule has 0 saturated carbocycles. The van der Waals surface area contributed by atoms with E-state index < -0.39 is 0 Å². The predicted octanol–water partition coefficient (Wildman–Crippen LogP) is 3.39. The molecule has 2 heterocycles. The summed E-state index contributed by atoms with van der Waals surface area (Å²) in [6, 6.07) is 9.23. The average Bonchev–Trinajstić information content (AvgIpc) is 2.62. The van der Waals surface area contributed by atoms with Gasteiger partial charge in [0.1, 0.15) is 0 Å². The average molecular weight is 364 g/mol. The van der Waals surface area contributed by atoms with Gasteiger partial charge in [0.25, 0.3) is 5.91 Å². The van der Waals surface area contributed by atoms with Gasteiger partial charge in [-0.2, -0.15) is 0 Å². The monoisotopic (exact) mass is 363 g/mol. The van der Waals surface area contributed by atoms with Gasteiger partial charge in [0.05, 0.1) is 5.56 Å². The molecule has 0 unspecified atom stereocenters. The second-order valence-corrected chi connectivity index (χ2v) is 6.70. The zero-order chi connectivity index (χ0) is 16.9. The number of aromatic nitrogens is 1. The molecule has 1 aliphatic heterocycles. The van der Waals surface area contributed by atoms with Crippen molar-refractivity contribution in [1.29, 1.82) is 0 Å². The quantitative estimate of drug-likeness (QED) is 0.835. The molecule has 0 bridgehead atoms. The first-order valence-electron chi connectivity index (χ1n) is 7.99. The molecule has 0 radical (unpaired) electrons. The number of carbonyl (C=O) groups excluding carboxylic acids is 1. The fourth-order valence-electron chi connectivity index (χ4n) is 2.85. The lowest BCUT2D eigenvalue weighted by Crippen LogP contribution is -2.49. The number of hydrogen-bond donors (Lipinski definition) is 0. The van der Waals surface area contributed by atoms with Crippen LogP contribution in [0.3, 0.4) is 0 Å². The molecule has 1 aliphatic rings. The fourth-order valence-corrected chi connectivity index (χ4v) is 3.35. The number of hydrogen-bond acceptors (Lipinski definition) is 3. The topological polar surface area (TPSA) is 36.4 Å². The summed E-state index contributed by atoms with van der Waals surface area (Å²) in [5.41, 5.74) is 1.76. The summed E-state index contributed by atoms with van der Waals surface area (Å²) in [7, 11) is 0. The zero-order valence-corrected chi connectivity index (χ0v) is 14.8. The number of amides is 1. The lowest BCUT2D eigenvalue weighted by Gasteiger charge is -2.34. The van der Waals surface area contributed by atoms with Crippen LogP contribution in [0.5, 0.6) is 0 Å². The van der Waals surface area contributed by atoms with Crippen LogP contribution in [0, 0.1) is 0 Å². The van der Waals surface area contributed by atoms with Crippen molar-refractivity contribution in [3.8, 4) is 0 Å². The highest BCUT2D eigenvalue weighted by molar-refractivity contribution is 6.35. The summed E-state index contributed by atoms with van der Waals surface area (Å²) >= 11 is 12.1. The molecule has 0 N–H and O–H groups in total. The van der Waals surface area contributed by atoms with Crippen molar-refractivity contribution in [2.45, 2.75) is 6.42 Å². The number of nitrogens with zero attached hydrogens (tertiary/aromatic N) is 3. The van der Waals surface area contributed by atoms with Gasteiger partial charge in [-0.15, -0.1) is 0 Å². The van der Waals surface area contributed by atoms with Gasteiger partial charge in [0, 0.05) is 55.2 Å². The van der Waals surface area contributed by atoms with E-state index in [1.165, 1.54) is 0 Å². The molecule has 1 aromatic heterocycles. The lowest BCUT2D eigenvalue weighted by molar-refractivity contribution is 0.0638. The molecule has 1 amide bonds. The van der Waals surface area contributed by atoms with E-state index in [0.29, 0.717) is 15.6 Å². The Bertz CT molecular complexity index is 701. The number of piperazine rings is 1. The van der Waals surface area contributed by atoms with Gasteiger partial charge in [0.2, 0.25) is 0 Å². The van der Waals surface area contributed by atoms with Crippen molar-refractivity contribution in [2.24, 2.45) is 0 Å². The maximum atomic E-state index is 12.4. The number of benzene rings is 1. The van der Waals surface area contributed by atoms with E-state index in [1.807, 2.05) is 23.1 Å². The Morgan fingerprint density at radius 3 is 2.58 bits per heavy atom. The Balaban J connectivity index is 1.49. The van der Waals surface area contributed by atoms with E-state index in [0.717, 1.165) is 44.7 Å². The Kier molecular flexibility index (Phi) is 5.72. The maximum absolute atomic E-state index is 12.4. The van der Waals surface area contributed by atoms with Crippen molar-refractivity contribution in [3.05, 3.63) is 63.9 Å². The minimum absolute atomic E-state index is 0.0588. The molecule has 0 aliphatic carbocycles. The van der Waals surface area contributed by atoms with Crippen LogP contribution in [-0.2, 0) is 6.42 Å². The molecule has 126 valence electrons. The van der Waals surface area contributed by atoms with Gasteiger partial charge in [-0.1, -0.05) is 29.3 Å². The van der Waals surface area contributed by atoms with Gasteiger partial charge < -0.3 is 4.90 Å². The zero-order valence-electron chi connectivity index (χ0n) is 13.3. The van der Waals surface area contributed by atoms with E-state index in [-0.39, 0.29) is 5.91 Å². The molecular weight excluding hydrogens is 345 g/mol. The van der Waals surface area contributed by atoms with Crippen LogP contribution in [0.4, 0.5) is 0 Å². The summed E-state index contributed by atoms with van der Waals surface area (Å²) in [4.78, 5) is 20.7. The van der Waals surface area contributed by atoms with Crippen LogP contribution >= 0.6 is 23.2 Å². The first kappa shape index (κ1) is 17.2. The van der Waals surface area contributed by atoms with Crippen LogP contribution < -0.4 is 0 Å². The highest BCUT2D eigenvalue weighted by Crippen LogP contribution is 2.21. The molecule has 2 aromatic rings. The van der Waals surface area contributed by atoms with E-state index in [1.54, 1.807) is 24.5 Å². The maximum Gasteiger partial charge on any atom is 0.255 e. The van der Waals surface area contributed by atoms with Crippen molar-refractivity contribution >= 4 is 29.1 Å². The van der Waals surface area contributed by atoms with Crippen LogP contribution in [0.25, 0.3) is 0 Å². The molecule has 3 rings (SSSR count). The summed E-state index contributed by atoms with van der Waals surface area (Å²) in [5, 5.41) is 1.37. The lowest BCUT2D eigenvalue weighted by atomic mass is 10.1. The molecule has 4 nitrogen and oxygen atoms in total. The summed E-state index contributed by atoms with van der Waals surface area (Å²) in [6.07, 6.45) is 4.18. The molecule has 1 fully saturated rings. The fraction of sp³-hybridized carbons (Fsp3) is 0.333. The molecule has 0 spiro atoms. The third kappa shape index (κ3) is 4.26. The third-order valence-corrected chi connectivity index (χ3v) is 4.87. The third-order valence-electron chi connectivity index (χ3n) is 4.28. The van der Waals surface area contributed by atoms with Crippen LogP contribution in [0.2, 0.25) is 10.0 Å². The second-order valence-electron chi connectivity index (χ2n) is 5.86. The van der Waals surface area contributed by atoms with Crippen molar-refractivity contribution in [3.63, 3.8) is 0 Å². The van der Waals surface area contributed by atoms with Crippen LogP contribution in [-0.4, -0.2) is 53.4 Å².